The van der Waals surface area contributed by atoms with Gasteiger partial charge >= 0.3 is 0 Å². The molecule has 0 aliphatic heterocycles. The second-order valence-electron chi connectivity index (χ2n) is 15.4. The van der Waals surface area contributed by atoms with E-state index in [-0.39, 0.29) is 31.5 Å². The highest BCUT2D eigenvalue weighted by Gasteiger charge is 2.51. The molecule has 296 valence electrons. The summed E-state index contributed by atoms with van der Waals surface area (Å²) in [5.41, 5.74) is 4.01. The molecule has 6 aromatic rings. The van der Waals surface area contributed by atoms with Crippen molar-refractivity contribution < 1.29 is 28.5 Å². The predicted octanol–water partition coefficient (Wildman–Crippen LogP) is 8.90. The molecule has 0 unspecified atom stereocenters. The van der Waals surface area contributed by atoms with Crippen LogP contribution < -0.4 is 10.4 Å². The fourth-order valence-electron chi connectivity index (χ4n) is 7.32. The topological polar surface area (TPSA) is 66.4 Å². The van der Waals surface area contributed by atoms with Gasteiger partial charge < -0.3 is 28.5 Å². The lowest BCUT2D eigenvalue weighted by Crippen LogP contribution is -2.67. The highest BCUT2D eigenvalue weighted by atomic mass is 28.4. The molecular weight excluding hydrogens is 725 g/mol. The van der Waals surface area contributed by atoms with Gasteiger partial charge in [-0.3, -0.25) is 0 Å². The molecule has 0 aliphatic rings. The minimum absolute atomic E-state index is 0.0283. The lowest BCUT2D eigenvalue weighted by Gasteiger charge is -2.44. The minimum Gasteiger partial charge on any atom is -0.405 e. The van der Waals surface area contributed by atoms with E-state index in [2.05, 4.69) is 81.4 Å². The zero-order valence-electron chi connectivity index (χ0n) is 33.4. The summed E-state index contributed by atoms with van der Waals surface area (Å²) in [5, 5.41) is 14.2. The highest BCUT2D eigenvalue weighted by Crippen LogP contribution is 2.37. The summed E-state index contributed by atoms with van der Waals surface area (Å²) in [6, 6.07) is 61.3. The normalized spacial score (nSPS) is 14.1. The van der Waals surface area contributed by atoms with E-state index in [1.165, 1.54) is 10.4 Å². The fourth-order valence-corrected chi connectivity index (χ4v) is 11.9. The Morgan fingerprint density at radius 1 is 0.439 bits per heavy atom. The molecule has 0 saturated heterocycles. The van der Waals surface area contributed by atoms with Crippen LogP contribution in [0.3, 0.4) is 0 Å². The fraction of sp³-hybridized carbons (Fsp3) is 0.280. The van der Waals surface area contributed by atoms with E-state index in [1.54, 1.807) is 0 Å². The Labute approximate surface area is 340 Å². The van der Waals surface area contributed by atoms with E-state index in [9.17, 15) is 5.11 Å². The first-order chi connectivity index (χ1) is 27.8. The molecule has 0 spiro atoms. The third kappa shape index (κ3) is 11.7. The Balaban J connectivity index is 1.40. The first-order valence-corrected chi connectivity index (χ1v) is 21.8. The smallest absolute Gasteiger partial charge is 0.261 e. The van der Waals surface area contributed by atoms with Crippen LogP contribution in [0.15, 0.2) is 182 Å². The number of benzene rings is 6. The van der Waals surface area contributed by atoms with Crippen LogP contribution in [0.1, 0.15) is 43.0 Å². The van der Waals surface area contributed by atoms with Crippen molar-refractivity contribution in [2.75, 3.05) is 13.2 Å². The lowest BCUT2D eigenvalue weighted by molar-refractivity contribution is -0.192. The number of aliphatic hydroxyl groups is 1. The largest absolute Gasteiger partial charge is 0.405 e. The molecule has 0 aliphatic carbocycles. The summed E-state index contributed by atoms with van der Waals surface area (Å²) in [6.45, 7) is 8.21. The molecule has 0 fully saturated rings. The van der Waals surface area contributed by atoms with Crippen LogP contribution in [0, 0.1) is 0 Å². The van der Waals surface area contributed by atoms with E-state index < -0.39 is 32.7 Å². The highest BCUT2D eigenvalue weighted by molar-refractivity contribution is 6.99. The van der Waals surface area contributed by atoms with Gasteiger partial charge in [-0.05, 0) is 37.7 Å². The van der Waals surface area contributed by atoms with Gasteiger partial charge in [0.05, 0.1) is 39.6 Å². The maximum Gasteiger partial charge on any atom is 0.261 e. The van der Waals surface area contributed by atoms with Crippen molar-refractivity contribution in [3.63, 3.8) is 0 Å². The van der Waals surface area contributed by atoms with Gasteiger partial charge in [0.25, 0.3) is 8.32 Å². The molecule has 4 atom stereocenters. The first-order valence-electron chi connectivity index (χ1n) is 19.8. The van der Waals surface area contributed by atoms with E-state index >= 15 is 0 Å². The Morgan fingerprint density at radius 3 is 1.19 bits per heavy atom. The number of hydrogen-bond donors (Lipinski definition) is 1. The maximum absolute atomic E-state index is 12.2. The Hall–Kier alpha value is -4.70. The Bertz CT molecular complexity index is 1940. The van der Waals surface area contributed by atoms with Crippen molar-refractivity contribution in [1.29, 1.82) is 0 Å². The van der Waals surface area contributed by atoms with E-state index in [0.717, 1.165) is 22.3 Å². The number of aliphatic hydroxyl groups excluding tert-OH is 1. The number of ether oxygens (including phenoxy) is 4. The van der Waals surface area contributed by atoms with E-state index in [0.29, 0.717) is 13.2 Å². The van der Waals surface area contributed by atoms with Crippen molar-refractivity contribution in [2.24, 2.45) is 0 Å². The van der Waals surface area contributed by atoms with Gasteiger partial charge in [0.1, 0.15) is 24.4 Å². The summed E-state index contributed by atoms with van der Waals surface area (Å²) in [7, 11) is -3.01. The van der Waals surface area contributed by atoms with E-state index in [4.69, 9.17) is 23.4 Å². The molecule has 6 nitrogen and oxygen atoms in total. The van der Waals surface area contributed by atoms with Gasteiger partial charge in [-0.15, -0.1) is 0 Å². The summed E-state index contributed by atoms with van der Waals surface area (Å²) < 4.78 is 34.4. The quantitative estimate of drug-likeness (QED) is 0.0737. The van der Waals surface area contributed by atoms with Gasteiger partial charge in [0.15, 0.2) is 0 Å². The van der Waals surface area contributed by atoms with Crippen molar-refractivity contribution >= 4 is 18.7 Å². The Kier molecular flexibility index (Phi) is 15.6. The Morgan fingerprint density at radius 2 is 0.789 bits per heavy atom. The molecule has 57 heavy (non-hydrogen) atoms. The van der Waals surface area contributed by atoms with Crippen LogP contribution in [0.4, 0.5) is 0 Å². The molecule has 1 N–H and O–H groups in total. The summed E-state index contributed by atoms with van der Waals surface area (Å²) in [4.78, 5) is 0. The standard InChI is InChI=1S/C50H56O6Si/c1-50(2,3)57(44-30-18-8-19-31-44,45-32-20-9-21-33-45)56-39-47(53-35-41-24-12-5-13-25-41)49(55-37-43-28-16-7-17-29-43)48(54-36-42-26-14-6-15-27-42)46(51)38-52-34-40-22-10-4-11-23-40/h4-33,46-49,51H,34-39H2,1-3H3/t46-,47-,48-,49-/m1/s1. The van der Waals surface area contributed by atoms with Gasteiger partial charge in [0.2, 0.25) is 0 Å². The number of rotatable bonds is 21. The van der Waals surface area contributed by atoms with Gasteiger partial charge in [-0.1, -0.05) is 203 Å². The average Bonchev–Trinajstić information content (AvgIpc) is 3.25. The van der Waals surface area contributed by atoms with Crippen molar-refractivity contribution in [3.8, 4) is 0 Å². The second kappa shape index (κ2) is 21.2. The molecule has 0 amide bonds. The predicted molar refractivity (Wildman–Crippen MR) is 231 cm³/mol. The van der Waals surface area contributed by atoms with Gasteiger partial charge in [-0.2, -0.15) is 0 Å². The van der Waals surface area contributed by atoms with Crippen LogP contribution in [-0.4, -0.2) is 51.1 Å². The van der Waals surface area contributed by atoms with Crippen LogP contribution in [-0.2, 0) is 49.8 Å². The zero-order chi connectivity index (χ0) is 39.8. The van der Waals surface area contributed by atoms with Gasteiger partial charge in [-0.25, -0.2) is 0 Å². The minimum atomic E-state index is -3.01. The lowest BCUT2D eigenvalue weighted by atomic mass is 10.0. The molecular formula is C50H56O6Si. The van der Waals surface area contributed by atoms with Crippen LogP contribution >= 0.6 is 0 Å². The number of hydrogen-bond acceptors (Lipinski definition) is 6. The molecule has 0 aromatic heterocycles. The van der Waals surface area contributed by atoms with Crippen molar-refractivity contribution in [1.82, 2.24) is 0 Å². The molecule has 0 heterocycles. The van der Waals surface area contributed by atoms with Crippen molar-refractivity contribution in [3.05, 3.63) is 204 Å². The first kappa shape index (κ1) is 41.9. The second-order valence-corrected chi connectivity index (χ2v) is 19.7. The maximum atomic E-state index is 12.2. The van der Waals surface area contributed by atoms with Crippen LogP contribution in [0.25, 0.3) is 0 Å². The molecule has 0 radical (unpaired) electrons. The van der Waals surface area contributed by atoms with Gasteiger partial charge in [0, 0.05) is 0 Å². The van der Waals surface area contributed by atoms with Crippen LogP contribution in [0.2, 0.25) is 5.04 Å². The van der Waals surface area contributed by atoms with E-state index in [1.807, 2.05) is 121 Å². The third-order valence-corrected chi connectivity index (χ3v) is 15.2. The zero-order valence-corrected chi connectivity index (χ0v) is 34.4. The molecule has 6 aromatic carbocycles. The third-order valence-electron chi connectivity index (χ3n) is 10.2. The van der Waals surface area contributed by atoms with Crippen LogP contribution in [0.5, 0.6) is 0 Å². The summed E-state index contributed by atoms with van der Waals surface area (Å²) >= 11 is 0. The summed E-state index contributed by atoms with van der Waals surface area (Å²) in [6.07, 6.45) is -3.35. The molecule has 0 saturated carbocycles. The average molecular weight is 781 g/mol. The van der Waals surface area contributed by atoms with Crippen molar-refractivity contribution in [2.45, 2.75) is 76.7 Å². The SMILES string of the molecule is CC(C)(C)[Si](OC[C@@H](OCc1ccccc1)[C@@H](OCc1ccccc1)[C@H](OCc1ccccc1)[C@H](O)COCc1ccccc1)(c1ccccc1)c1ccccc1. The monoisotopic (exact) mass is 780 g/mol. The molecule has 0 bridgehead atoms. The molecule has 7 heteroatoms. The molecule has 6 rings (SSSR count). The summed E-state index contributed by atoms with van der Waals surface area (Å²) in [5.74, 6) is 0.